The molecule has 4 rings (SSSR count). The Balaban J connectivity index is 1.48. The predicted molar refractivity (Wildman–Crippen MR) is 136 cm³/mol. The second-order valence-corrected chi connectivity index (χ2v) is 12.0. The fraction of sp³-hybridized carbons (Fsp3) is 0.458. The lowest BCUT2D eigenvalue weighted by atomic mass is 9.89. The average molecular weight is 596 g/mol. The van der Waals surface area contributed by atoms with Gasteiger partial charge in [-0.2, -0.15) is 4.31 Å². The molecule has 0 saturated carbocycles. The first-order valence-corrected chi connectivity index (χ1v) is 14.3. The third kappa shape index (κ3) is 7.16. The first kappa shape index (κ1) is 28.6. The quantitative estimate of drug-likeness (QED) is 0.484. The predicted octanol–water partition coefficient (Wildman–Crippen LogP) is 4.68. The third-order valence-electron chi connectivity index (χ3n) is 6.56. The Morgan fingerprint density at radius 3 is 2.29 bits per heavy atom. The average Bonchev–Trinajstić information content (AvgIpc) is 3.27. The van der Waals surface area contributed by atoms with Gasteiger partial charge in [-0.25, -0.2) is 13.2 Å². The molecular formula is C24H26Cl2F3N3O5S. The Hall–Kier alpha value is -2.41. The minimum absolute atomic E-state index is 0.117. The van der Waals surface area contributed by atoms with E-state index < -0.39 is 22.1 Å². The number of hydrogen-bond donors (Lipinski definition) is 0. The summed E-state index contributed by atoms with van der Waals surface area (Å²) < 4.78 is 72.6. The monoisotopic (exact) mass is 595 g/mol. The van der Waals surface area contributed by atoms with E-state index in [0.29, 0.717) is 23.1 Å². The molecule has 2 amide bonds. The van der Waals surface area contributed by atoms with Gasteiger partial charge in [-0.15, -0.1) is 13.2 Å². The number of nitrogens with zero attached hydrogens (tertiary/aromatic N) is 3. The molecule has 2 unspecified atom stereocenters. The Kier molecular flexibility index (Phi) is 8.55. The molecule has 8 nitrogen and oxygen atoms in total. The van der Waals surface area contributed by atoms with Gasteiger partial charge in [0.05, 0.1) is 22.9 Å². The standard InChI is InChI=1S/C24H26Cl2F3N3O5S/c1-38(34,35)32-9-7-30(8-10-32)23(33)31-13-17(20(14-31)16-5-6-21(25)22(26)11-16)15-36-18-3-2-4-19(12-18)37-24(27,28)29/h2-6,11-12,17,20H,7-10,13-15H2,1H3. The van der Waals surface area contributed by atoms with Crippen molar-refractivity contribution < 1.29 is 35.9 Å². The van der Waals surface area contributed by atoms with Gasteiger partial charge < -0.3 is 19.3 Å². The summed E-state index contributed by atoms with van der Waals surface area (Å²) in [4.78, 5) is 16.6. The molecule has 0 N–H and O–H groups in total. The Morgan fingerprint density at radius 1 is 0.974 bits per heavy atom. The zero-order valence-electron chi connectivity index (χ0n) is 20.3. The van der Waals surface area contributed by atoms with Crippen LogP contribution in [-0.2, 0) is 10.0 Å². The highest BCUT2D eigenvalue weighted by atomic mass is 35.5. The molecule has 2 aliphatic rings. The van der Waals surface area contributed by atoms with Gasteiger partial charge in [0.15, 0.2) is 0 Å². The van der Waals surface area contributed by atoms with E-state index >= 15 is 0 Å². The lowest BCUT2D eigenvalue weighted by molar-refractivity contribution is -0.274. The molecule has 2 heterocycles. The lowest BCUT2D eigenvalue weighted by Crippen LogP contribution is -2.53. The molecule has 38 heavy (non-hydrogen) atoms. The summed E-state index contributed by atoms with van der Waals surface area (Å²) in [5.41, 5.74) is 0.847. The third-order valence-corrected chi connectivity index (χ3v) is 8.61. The van der Waals surface area contributed by atoms with Gasteiger partial charge in [0, 0.05) is 57.2 Å². The smallest absolute Gasteiger partial charge is 0.493 e. The zero-order valence-corrected chi connectivity index (χ0v) is 22.7. The molecule has 208 valence electrons. The summed E-state index contributed by atoms with van der Waals surface area (Å²) in [6.45, 7) is 1.78. The van der Waals surface area contributed by atoms with Crippen LogP contribution in [0.2, 0.25) is 10.0 Å². The first-order valence-electron chi connectivity index (χ1n) is 11.7. The number of halogens is 5. The van der Waals surface area contributed by atoms with E-state index in [2.05, 4.69) is 4.74 Å². The minimum atomic E-state index is -4.82. The van der Waals surface area contributed by atoms with Crippen molar-refractivity contribution in [3.8, 4) is 11.5 Å². The highest BCUT2D eigenvalue weighted by Crippen LogP contribution is 2.37. The van der Waals surface area contributed by atoms with Crippen molar-refractivity contribution in [3.63, 3.8) is 0 Å². The van der Waals surface area contributed by atoms with Gasteiger partial charge >= 0.3 is 12.4 Å². The minimum Gasteiger partial charge on any atom is -0.493 e. The molecule has 0 spiro atoms. The van der Waals surface area contributed by atoms with Crippen molar-refractivity contribution in [2.24, 2.45) is 5.92 Å². The van der Waals surface area contributed by atoms with Gasteiger partial charge in [-0.3, -0.25) is 0 Å². The van der Waals surface area contributed by atoms with Gasteiger partial charge in [0.1, 0.15) is 11.5 Å². The van der Waals surface area contributed by atoms with E-state index in [1.165, 1.54) is 22.5 Å². The van der Waals surface area contributed by atoms with Gasteiger partial charge in [-0.1, -0.05) is 35.3 Å². The van der Waals surface area contributed by atoms with Crippen molar-refractivity contribution in [1.82, 2.24) is 14.1 Å². The largest absolute Gasteiger partial charge is 0.573 e. The van der Waals surface area contributed by atoms with Crippen LogP contribution in [0.4, 0.5) is 18.0 Å². The molecule has 0 aliphatic carbocycles. The fourth-order valence-corrected chi connectivity index (χ4v) is 5.83. The maximum absolute atomic E-state index is 13.3. The number of likely N-dealkylation sites (tertiary alicyclic amines) is 1. The second kappa shape index (κ2) is 11.4. The van der Waals surface area contributed by atoms with E-state index in [0.717, 1.165) is 17.9 Å². The summed E-state index contributed by atoms with van der Waals surface area (Å²) in [6, 6.07) is 10.3. The van der Waals surface area contributed by atoms with E-state index in [4.69, 9.17) is 27.9 Å². The molecular weight excluding hydrogens is 570 g/mol. The number of benzene rings is 2. The number of urea groups is 1. The molecule has 2 atom stereocenters. The highest BCUT2D eigenvalue weighted by Gasteiger charge is 2.39. The Morgan fingerprint density at radius 2 is 1.66 bits per heavy atom. The number of carbonyl (C=O) groups excluding carboxylic acids is 1. The van der Waals surface area contributed by atoms with Crippen LogP contribution in [0, 0.1) is 5.92 Å². The maximum atomic E-state index is 13.3. The molecule has 0 radical (unpaired) electrons. The molecule has 2 aromatic carbocycles. The van der Waals surface area contributed by atoms with Crippen LogP contribution in [0.1, 0.15) is 11.5 Å². The normalized spacial score (nSPS) is 21.0. The zero-order chi connectivity index (χ0) is 27.7. The summed E-state index contributed by atoms with van der Waals surface area (Å²) in [6.07, 6.45) is -3.68. The van der Waals surface area contributed by atoms with Crippen LogP contribution in [0.25, 0.3) is 0 Å². The van der Waals surface area contributed by atoms with E-state index in [-0.39, 0.29) is 56.4 Å². The molecule has 14 heteroatoms. The van der Waals surface area contributed by atoms with Crippen molar-refractivity contribution in [2.75, 3.05) is 52.1 Å². The maximum Gasteiger partial charge on any atom is 0.573 e. The summed E-state index contributed by atoms with van der Waals surface area (Å²) in [5.74, 6) is -0.588. The highest BCUT2D eigenvalue weighted by molar-refractivity contribution is 7.88. The molecule has 2 saturated heterocycles. The second-order valence-electron chi connectivity index (χ2n) is 9.21. The van der Waals surface area contributed by atoms with Crippen LogP contribution < -0.4 is 9.47 Å². The number of ether oxygens (including phenoxy) is 2. The topological polar surface area (TPSA) is 79.4 Å². The van der Waals surface area contributed by atoms with Crippen LogP contribution in [-0.4, -0.2) is 87.0 Å². The number of piperazine rings is 1. The van der Waals surface area contributed by atoms with Crippen molar-refractivity contribution >= 4 is 39.3 Å². The van der Waals surface area contributed by atoms with Crippen molar-refractivity contribution in [2.45, 2.75) is 12.3 Å². The van der Waals surface area contributed by atoms with Gasteiger partial charge in [-0.05, 0) is 29.8 Å². The number of carbonyl (C=O) groups is 1. The number of hydrogen-bond acceptors (Lipinski definition) is 5. The van der Waals surface area contributed by atoms with Gasteiger partial charge in [0.25, 0.3) is 0 Å². The summed E-state index contributed by atoms with van der Waals surface area (Å²) >= 11 is 12.3. The summed E-state index contributed by atoms with van der Waals surface area (Å²) in [5, 5.41) is 0.752. The first-order chi connectivity index (χ1) is 17.8. The van der Waals surface area contributed by atoms with E-state index in [9.17, 15) is 26.4 Å². The van der Waals surface area contributed by atoms with Crippen LogP contribution in [0.5, 0.6) is 11.5 Å². The van der Waals surface area contributed by atoms with Crippen molar-refractivity contribution in [1.29, 1.82) is 0 Å². The van der Waals surface area contributed by atoms with Crippen molar-refractivity contribution in [3.05, 3.63) is 58.1 Å². The number of rotatable bonds is 6. The Bertz CT molecular complexity index is 1270. The SMILES string of the molecule is CS(=O)(=O)N1CCN(C(=O)N2CC(COc3cccc(OC(F)(F)F)c3)C(c3ccc(Cl)c(Cl)c3)C2)CC1. The number of amides is 2. The lowest BCUT2D eigenvalue weighted by Gasteiger charge is -2.35. The molecule has 0 bridgehead atoms. The number of alkyl halides is 3. The molecule has 0 aromatic heterocycles. The van der Waals surface area contributed by atoms with Crippen LogP contribution in [0.3, 0.4) is 0 Å². The van der Waals surface area contributed by atoms with E-state index in [1.54, 1.807) is 21.9 Å². The summed E-state index contributed by atoms with van der Waals surface area (Å²) in [7, 11) is -3.33. The van der Waals surface area contributed by atoms with Gasteiger partial charge in [0.2, 0.25) is 10.0 Å². The van der Waals surface area contributed by atoms with E-state index in [1.807, 2.05) is 6.07 Å². The number of sulfonamides is 1. The van der Waals surface area contributed by atoms with Crippen LogP contribution in [0.15, 0.2) is 42.5 Å². The fourth-order valence-electron chi connectivity index (χ4n) is 4.69. The Labute approximate surface area is 228 Å². The molecule has 2 fully saturated rings. The molecule has 2 aliphatic heterocycles. The molecule has 2 aromatic rings. The van der Waals surface area contributed by atoms with Crippen LogP contribution >= 0.6 is 23.2 Å².